The number of carbonyl (C=O) groups is 1. The molecule has 0 radical (unpaired) electrons. The Morgan fingerprint density at radius 2 is 0.743 bits per heavy atom. The highest BCUT2D eigenvalue weighted by Gasteiger charge is 2.60. The van der Waals surface area contributed by atoms with E-state index in [9.17, 15) is 78.4 Å². The Morgan fingerprint density at radius 3 is 1.10 bits per heavy atom. The summed E-state index contributed by atoms with van der Waals surface area (Å²) in [6, 6.07) is 0. The SMILES string of the molecule is CCOP(C)(=O)OC[C@H]1O[C@@H](n2cnc3c(N)nc(C)nc32)[C@@](C)(CO)C1F.CCOP(C)(=O)OC[C@H]1O[C@@H](n2cnc3c(N)nc(C)nc32)[C@@](C)(CO)C1O.CCOP(C)(=O)OC[C@H]1O[C@@H](n2cnc3c(OC)nc(C)nc32)[C@@](C)(CO)C1O.C[C@]1(CO)C(O)[C@@H](COP(C)(C)=O)O[C@H]1n1cnc2c1N=CCC2=O.Cc1nc2c(ncn2[C@@H]2O[C@H](COP(C)(C)=O)C(O)[C@]2(C)CO)c(=O)[nH]1. The first-order chi connectivity index (χ1) is 63.6. The minimum Gasteiger partial charge on any atom is -0.479 e. The molecular weight excluding hydrogens is 1900 g/mol. The molecule has 9 aromatic heterocycles. The Hall–Kier alpha value is -7.85. The minimum absolute atomic E-state index is 0.0728. The fourth-order valence-electron chi connectivity index (χ4n) is 16.3. The first-order valence-electron chi connectivity index (χ1n) is 43.1. The molecule has 5 fully saturated rings. The lowest BCUT2D eigenvalue weighted by molar-refractivity contribution is -0.0581. The lowest BCUT2D eigenvalue weighted by atomic mass is 9.83. The van der Waals surface area contributed by atoms with Gasteiger partial charge >= 0.3 is 22.8 Å². The number of nitrogens with one attached hydrogen (secondary N) is 1. The smallest absolute Gasteiger partial charge is 0.327 e. The fourth-order valence-corrected chi connectivity index (χ4v) is 20.2. The number of Topliss-reactive ketones (excluding diaryl/α,β-unsaturated/α-hetero) is 1. The highest BCUT2D eigenvalue weighted by molar-refractivity contribution is 7.57. The largest absolute Gasteiger partial charge is 0.479 e. The number of nitrogens with two attached hydrogens (primary N) is 2. The molecule has 23 atom stereocenters. The number of halogens is 1. The summed E-state index contributed by atoms with van der Waals surface area (Å²) >= 11 is 0. The van der Waals surface area contributed by atoms with Gasteiger partial charge in [-0.05, 0) is 48.5 Å². The van der Waals surface area contributed by atoms with Gasteiger partial charge in [0.1, 0.15) is 102 Å². The predicted molar refractivity (Wildman–Crippen MR) is 486 cm³/mol. The number of aliphatic imine (C=N–C) groups is 1. The Morgan fingerprint density at radius 1 is 0.434 bits per heavy atom. The van der Waals surface area contributed by atoms with E-state index < -0.39 is 163 Å². The summed E-state index contributed by atoms with van der Waals surface area (Å²) in [6.45, 7) is 27.9. The number of aromatic nitrogens is 18. The average molecular weight is 2020 g/mol. The van der Waals surface area contributed by atoms with E-state index in [2.05, 4.69) is 69.8 Å². The van der Waals surface area contributed by atoms with Crippen molar-refractivity contribution in [3.63, 3.8) is 0 Å². The van der Waals surface area contributed by atoms with Crippen molar-refractivity contribution in [1.29, 1.82) is 0 Å². The third-order valence-corrected chi connectivity index (χ3v) is 29.4. The van der Waals surface area contributed by atoms with Crippen LogP contribution in [0.25, 0.3) is 44.7 Å². The number of ketones is 1. The van der Waals surface area contributed by atoms with Gasteiger partial charge in [0.05, 0.1) is 176 Å². The number of rotatable bonds is 32. The van der Waals surface area contributed by atoms with E-state index in [4.69, 9.17) is 76.1 Å². The second kappa shape index (κ2) is 42.9. The molecule has 136 heavy (non-hydrogen) atoms. The molecular formula is C79H123FN21O30P5. The summed E-state index contributed by atoms with van der Waals surface area (Å²) in [7, 11) is -13.9. The maximum atomic E-state index is 15.2. The average Bonchev–Trinajstić information content (AvgIpc) is 1.59. The number of aliphatic hydroxyl groups is 9. The van der Waals surface area contributed by atoms with Crippen molar-refractivity contribution < 1.29 is 143 Å². The number of nitrogens with zero attached hydrogens (tertiary/aromatic N) is 18. The number of alkyl halides is 1. The van der Waals surface area contributed by atoms with E-state index in [1.807, 2.05) is 0 Å². The molecule has 756 valence electrons. The van der Waals surface area contributed by atoms with Gasteiger partial charge in [0.25, 0.3) is 5.56 Å². The first-order valence-corrected chi connectivity index (χ1v) is 54.1. The monoisotopic (exact) mass is 2020 g/mol. The van der Waals surface area contributed by atoms with Crippen LogP contribution in [0.4, 0.5) is 21.8 Å². The molecule has 51 nitrogen and oxygen atoms in total. The number of hydrogen-bond acceptors (Lipinski definition) is 45. The van der Waals surface area contributed by atoms with Crippen LogP contribution >= 0.6 is 37.5 Å². The molecule has 15 heterocycles. The Labute approximate surface area is 780 Å². The molecule has 57 heteroatoms. The number of carbonyl (C=O) groups excluding carboxylic acids is 1. The van der Waals surface area contributed by atoms with Gasteiger partial charge in [0.15, 0.2) is 77.3 Å². The van der Waals surface area contributed by atoms with Crippen molar-refractivity contribution in [3.05, 3.63) is 71.0 Å². The van der Waals surface area contributed by atoms with Crippen LogP contribution in [0.15, 0.2) is 41.4 Å². The third kappa shape index (κ3) is 22.8. The number of nitrogen functional groups attached to an aromatic ring is 2. The number of ether oxygens (including phenoxy) is 6. The Kier molecular flexibility index (Phi) is 34.3. The number of aryl methyl sites for hydroxylation is 4. The molecule has 6 aliphatic heterocycles. The number of hydrogen-bond donors (Lipinski definition) is 12. The summed E-state index contributed by atoms with van der Waals surface area (Å²) < 4.78 is 160. The van der Waals surface area contributed by atoms with Gasteiger partial charge in [-0.15, -0.1) is 0 Å². The van der Waals surface area contributed by atoms with E-state index in [1.54, 1.807) is 96.8 Å². The van der Waals surface area contributed by atoms with Crippen LogP contribution in [0.1, 0.15) is 127 Å². The number of methoxy groups -OCH3 is 1. The highest BCUT2D eigenvalue weighted by Crippen LogP contribution is 2.56. The molecule has 0 spiro atoms. The van der Waals surface area contributed by atoms with Gasteiger partial charge in [-0.2, -0.15) is 4.98 Å². The molecule has 9 aromatic rings. The molecule has 8 unspecified atom stereocenters. The fraction of sp³-hybridized carbons (Fsp3) is 0.684. The van der Waals surface area contributed by atoms with Crippen LogP contribution in [0, 0.1) is 54.8 Å². The predicted octanol–water partition coefficient (Wildman–Crippen LogP) is 5.18. The van der Waals surface area contributed by atoms with Crippen LogP contribution in [-0.4, -0.2) is 346 Å². The second-order valence-corrected chi connectivity index (χ2v) is 47.2. The standard InChI is InChI=1S/C17H27N4O7P.C16H25FN5O5P.C16H26N5O6P.C15H23N4O6P.C15H22N3O6P/c1-6-26-29(5,24)27-7-11-13(23)17(3,8-22)16(28-11)21-9-18-12-14(21)19-10(2)20-15(12)25-4;1-5-25-28(4,24)26-6-10-12(17)16(3,7-23)15(27-10)22-8-19-11-13(18)20-9(2)21-14(11)22;1-5-25-28(4,24)26-6-10-12(23)16(3,7-22)15(27-10)21-8-18-11-13(17)19-9(2)20-14(11)21;1-8-17-12-10(13(22)18-8)16-7-19(12)14-15(2,6-20)11(21)9(25-14)5-24-26(3,4)23;1-15(7-19)12(21)10(6-23-25(2,3)22)24-14(15)18-8-17-11-9(20)4-5-16-13(11)18/h9,11,13,16,22-23H,6-8H2,1-5H3;8,10,12,15,23H,5-7H2,1-4H3,(H2,18,20,21);8,10,12,15,22-23H,5-7H2,1-4H3,(H2,17,19,20);7,9,11,14,20-21H,5-6H2,1-4H3,(H,17,18,22);5,8,10,12,14,19,21H,4,6-7H2,1-3H3/t11-,13?,16-,17+,29?;2*10-,12?,15-,16+,28?;9-,11?,14-,15+;10-,12?,14-,15+/m11111/s1. The van der Waals surface area contributed by atoms with E-state index in [1.165, 1.54) is 101 Å². The Balaban J connectivity index is 0.000000163. The zero-order valence-electron chi connectivity index (χ0n) is 78.9. The van der Waals surface area contributed by atoms with Gasteiger partial charge in [-0.1, -0.05) is 34.6 Å². The van der Waals surface area contributed by atoms with Crippen molar-refractivity contribution >= 4 is 112 Å². The number of imidazole rings is 5. The second-order valence-electron chi connectivity index (χ2n) is 35.5. The summed E-state index contributed by atoms with van der Waals surface area (Å²) in [4.78, 5) is 81.5. The van der Waals surface area contributed by atoms with Crippen molar-refractivity contribution in [2.75, 3.05) is 151 Å². The molecule has 6 aliphatic rings. The minimum atomic E-state index is -3.32. The number of H-pyrrole nitrogens is 1. The highest BCUT2D eigenvalue weighted by atomic mass is 31.2. The van der Waals surface area contributed by atoms with Gasteiger partial charge in [0, 0.05) is 59.3 Å². The third-order valence-electron chi connectivity index (χ3n) is 23.9. The lowest BCUT2D eigenvalue weighted by Gasteiger charge is -2.31. The van der Waals surface area contributed by atoms with Crippen molar-refractivity contribution in [2.24, 2.45) is 32.1 Å². The molecule has 0 aromatic carbocycles. The summed E-state index contributed by atoms with van der Waals surface area (Å²) in [6.07, 6.45) is -5.50. The first kappa shape index (κ1) is 109. The number of anilines is 2. The number of fused-ring (bicyclic) bond motifs is 5. The zero-order chi connectivity index (χ0) is 100. The molecule has 15 rings (SSSR count). The number of aromatic amines is 1. The van der Waals surface area contributed by atoms with Crippen molar-refractivity contribution in [2.45, 2.75) is 182 Å². The number of aliphatic hydroxyl groups excluding tert-OH is 9. The van der Waals surface area contributed by atoms with E-state index in [0.29, 0.717) is 74.1 Å². The van der Waals surface area contributed by atoms with Gasteiger partial charge in [-0.3, -0.25) is 55.2 Å². The van der Waals surface area contributed by atoms with Crippen LogP contribution in [-0.2, 0) is 82.7 Å². The van der Waals surface area contributed by atoms with Gasteiger partial charge in [-0.25, -0.2) is 64.2 Å². The maximum Gasteiger partial charge on any atom is 0.327 e. The van der Waals surface area contributed by atoms with Gasteiger partial charge in [0.2, 0.25) is 5.88 Å². The van der Waals surface area contributed by atoms with Crippen molar-refractivity contribution in [3.8, 4) is 5.88 Å². The van der Waals surface area contributed by atoms with E-state index in [-0.39, 0.29) is 120 Å². The lowest BCUT2D eigenvalue weighted by Crippen LogP contribution is -2.41. The van der Waals surface area contributed by atoms with Crippen LogP contribution in [0.2, 0.25) is 0 Å². The summed E-state index contributed by atoms with van der Waals surface area (Å²) in [5, 5.41) is 92.8. The topological polar surface area (TPSA) is 690 Å². The molecule has 0 saturated carbocycles. The molecule has 0 aliphatic carbocycles. The van der Waals surface area contributed by atoms with Crippen LogP contribution < -0.4 is 21.8 Å². The maximum absolute atomic E-state index is 15.2. The normalized spacial score (nSPS) is 30.2. The molecule has 0 amide bonds. The van der Waals surface area contributed by atoms with Crippen LogP contribution in [0.5, 0.6) is 5.88 Å². The Bertz CT molecular complexity index is 5940. The van der Waals surface area contributed by atoms with E-state index >= 15 is 4.39 Å². The molecule has 5 saturated heterocycles. The zero-order valence-corrected chi connectivity index (χ0v) is 83.4. The van der Waals surface area contributed by atoms with Crippen LogP contribution in [0.3, 0.4) is 0 Å². The quantitative estimate of drug-likeness (QED) is 0.0242. The van der Waals surface area contributed by atoms with Crippen molar-refractivity contribution in [1.82, 2.24) is 87.6 Å². The van der Waals surface area contributed by atoms with Gasteiger partial charge < -0.3 is 127 Å². The summed E-state index contributed by atoms with van der Waals surface area (Å²) in [5.41, 5.74) is 8.91. The summed E-state index contributed by atoms with van der Waals surface area (Å²) in [5.74, 6) is 2.71. The molecule has 0 bridgehead atoms. The molecule has 14 N–H and O–H groups in total. The van der Waals surface area contributed by atoms with E-state index in [0.717, 1.165) is 0 Å².